The number of ether oxygens (including phenoxy) is 1. The van der Waals surface area contributed by atoms with Gasteiger partial charge < -0.3 is 18.7 Å². The lowest BCUT2D eigenvalue weighted by Gasteiger charge is -2.50. The second-order valence-electron chi connectivity index (χ2n) is 5.02. The Hall–Kier alpha value is 0.140. The topological polar surface area (TPSA) is 92.7 Å². The van der Waals surface area contributed by atoms with Crippen LogP contribution in [0.4, 0.5) is 0 Å². The number of rotatable bonds is 0. The molecule has 6 nitrogen and oxygen atoms in total. The first-order valence-electron chi connectivity index (χ1n) is 5.97. The summed E-state index contributed by atoms with van der Waals surface area (Å²) in [6, 6.07) is 0. The summed E-state index contributed by atoms with van der Waals surface area (Å²) < 4.78 is 40.2. The fraction of sp³-hybridized carbons (Fsp3) is 1.00. The highest BCUT2D eigenvalue weighted by molar-refractivity contribution is 8.00. The third-order valence-electron chi connectivity index (χ3n) is 3.79. The SMILES string of the molecule is CC1OC2(CS1)CN1CCC2CC1.O=S(=O)([O-])[O-]. The molecule has 106 valence electrons. The number of hydrogen-bond donors (Lipinski definition) is 0. The van der Waals surface area contributed by atoms with Crippen LogP contribution in [0.2, 0.25) is 0 Å². The van der Waals surface area contributed by atoms with E-state index in [2.05, 4.69) is 11.8 Å². The summed E-state index contributed by atoms with van der Waals surface area (Å²) in [6.07, 6.45) is 2.74. The second kappa shape index (κ2) is 5.26. The first-order valence-corrected chi connectivity index (χ1v) is 8.35. The predicted molar refractivity (Wildman–Crippen MR) is 65.4 cm³/mol. The molecule has 2 unspecified atom stereocenters. The summed E-state index contributed by atoms with van der Waals surface area (Å²) in [7, 11) is -5.17. The van der Waals surface area contributed by atoms with Crippen molar-refractivity contribution in [3.8, 4) is 0 Å². The Morgan fingerprint density at radius 2 is 1.89 bits per heavy atom. The Bertz CT molecular complexity index is 385. The van der Waals surface area contributed by atoms with Gasteiger partial charge in [-0.3, -0.25) is 8.42 Å². The molecule has 0 aromatic carbocycles. The standard InChI is InChI=1S/C10H17NOS.H2O4S/c1-8-12-10(7-13-8)6-11-4-2-9(10)3-5-11;1-5(2,3)4/h8-9H,2-7H2,1H3;(H2,1,2,3,4)/p-2. The molecule has 0 aromatic heterocycles. The third-order valence-corrected chi connectivity index (χ3v) is 5.01. The lowest BCUT2D eigenvalue weighted by Crippen LogP contribution is -2.60. The quantitative estimate of drug-likeness (QED) is 0.466. The van der Waals surface area contributed by atoms with Crippen LogP contribution >= 0.6 is 11.8 Å². The van der Waals surface area contributed by atoms with Gasteiger partial charge in [0.15, 0.2) is 0 Å². The van der Waals surface area contributed by atoms with Crippen molar-refractivity contribution in [2.45, 2.75) is 30.8 Å². The van der Waals surface area contributed by atoms with Crippen molar-refractivity contribution in [3.05, 3.63) is 0 Å². The molecule has 8 heteroatoms. The monoisotopic (exact) mass is 295 g/mol. The zero-order valence-corrected chi connectivity index (χ0v) is 11.8. The van der Waals surface area contributed by atoms with Gasteiger partial charge in [0.05, 0.1) is 5.60 Å². The van der Waals surface area contributed by atoms with Crippen LogP contribution in [0.15, 0.2) is 0 Å². The molecule has 0 aromatic rings. The second-order valence-corrected chi connectivity index (χ2v) is 7.12. The van der Waals surface area contributed by atoms with Crippen molar-refractivity contribution >= 4 is 22.2 Å². The van der Waals surface area contributed by atoms with E-state index in [1.54, 1.807) is 0 Å². The smallest absolute Gasteiger partial charge is 0.101 e. The Balaban J connectivity index is 0.000000209. The molecule has 18 heavy (non-hydrogen) atoms. The van der Waals surface area contributed by atoms with E-state index in [4.69, 9.17) is 22.3 Å². The number of thioether (sulfide) groups is 1. The number of piperidine rings is 3. The van der Waals surface area contributed by atoms with Crippen molar-refractivity contribution in [2.75, 3.05) is 25.4 Å². The van der Waals surface area contributed by atoms with Gasteiger partial charge in [-0.1, -0.05) is 0 Å². The molecule has 0 saturated carbocycles. The van der Waals surface area contributed by atoms with E-state index in [0.717, 1.165) is 5.92 Å². The zero-order chi connectivity index (χ0) is 13.4. The van der Waals surface area contributed by atoms with E-state index in [9.17, 15) is 0 Å². The minimum Gasteiger partial charge on any atom is -0.759 e. The van der Waals surface area contributed by atoms with Gasteiger partial charge >= 0.3 is 0 Å². The predicted octanol–water partition coefficient (Wildman–Crippen LogP) is 0.222. The average Bonchev–Trinajstić information content (AvgIpc) is 2.59. The summed E-state index contributed by atoms with van der Waals surface area (Å²) in [5.41, 5.74) is 0.682. The number of fused-ring (bicyclic) bond motifs is 2. The van der Waals surface area contributed by atoms with E-state index in [-0.39, 0.29) is 5.60 Å². The van der Waals surface area contributed by atoms with Crippen molar-refractivity contribution < 1.29 is 22.3 Å². The molecule has 1 spiro atoms. The van der Waals surface area contributed by atoms with E-state index >= 15 is 0 Å². The molecule has 0 radical (unpaired) electrons. The molecule has 0 aliphatic carbocycles. The van der Waals surface area contributed by atoms with Crippen LogP contribution < -0.4 is 0 Å². The average molecular weight is 295 g/mol. The first-order chi connectivity index (χ1) is 8.28. The van der Waals surface area contributed by atoms with Crippen molar-refractivity contribution in [1.29, 1.82) is 0 Å². The van der Waals surface area contributed by atoms with Crippen LogP contribution in [0.25, 0.3) is 0 Å². The van der Waals surface area contributed by atoms with Crippen molar-refractivity contribution in [2.24, 2.45) is 5.92 Å². The molecular weight excluding hydrogens is 278 g/mol. The Morgan fingerprint density at radius 3 is 2.22 bits per heavy atom. The van der Waals surface area contributed by atoms with Crippen LogP contribution in [-0.4, -0.2) is 58.8 Å². The maximum Gasteiger partial charge on any atom is 0.101 e. The maximum atomic E-state index is 8.52. The number of nitrogens with zero attached hydrogens (tertiary/aromatic N) is 1. The van der Waals surface area contributed by atoms with Gasteiger partial charge in [-0.05, 0) is 38.8 Å². The van der Waals surface area contributed by atoms with Gasteiger partial charge in [0.2, 0.25) is 0 Å². The largest absolute Gasteiger partial charge is 0.759 e. The molecule has 4 heterocycles. The van der Waals surface area contributed by atoms with Gasteiger partial charge in [-0.2, -0.15) is 0 Å². The van der Waals surface area contributed by atoms with Gasteiger partial charge in [-0.25, -0.2) is 0 Å². The highest BCUT2D eigenvalue weighted by Crippen LogP contribution is 2.46. The number of hydrogen-bond acceptors (Lipinski definition) is 7. The molecule has 2 atom stereocenters. The van der Waals surface area contributed by atoms with Crippen LogP contribution in [0.3, 0.4) is 0 Å². The fourth-order valence-corrected chi connectivity index (χ4v) is 4.25. The van der Waals surface area contributed by atoms with E-state index < -0.39 is 10.4 Å². The molecule has 2 bridgehead atoms. The van der Waals surface area contributed by atoms with E-state index in [1.165, 1.54) is 38.2 Å². The van der Waals surface area contributed by atoms with E-state index in [0.29, 0.717) is 5.44 Å². The van der Waals surface area contributed by atoms with Crippen LogP contribution in [0.1, 0.15) is 19.8 Å². The lowest BCUT2D eigenvalue weighted by atomic mass is 9.76. The highest BCUT2D eigenvalue weighted by atomic mass is 32.3. The highest BCUT2D eigenvalue weighted by Gasteiger charge is 2.51. The normalized spacial score (nSPS) is 42.7. The van der Waals surface area contributed by atoms with Gasteiger partial charge in [0, 0.05) is 22.7 Å². The van der Waals surface area contributed by atoms with Gasteiger partial charge in [0.25, 0.3) is 0 Å². The molecule has 4 aliphatic heterocycles. The minimum absolute atomic E-state index is 0.251. The third kappa shape index (κ3) is 3.58. The Labute approximate surface area is 112 Å². The molecular formula is C10H17NO5S2-2. The molecule has 0 N–H and O–H groups in total. The van der Waals surface area contributed by atoms with Crippen LogP contribution in [0.5, 0.6) is 0 Å². The molecule has 4 aliphatic rings. The fourth-order valence-electron chi connectivity index (χ4n) is 3.08. The van der Waals surface area contributed by atoms with Crippen LogP contribution in [0, 0.1) is 5.92 Å². The first kappa shape index (κ1) is 14.5. The summed E-state index contributed by atoms with van der Waals surface area (Å²) in [5.74, 6) is 2.09. The molecule has 4 fully saturated rings. The molecule has 4 rings (SSSR count). The summed E-state index contributed by atoms with van der Waals surface area (Å²) in [5, 5.41) is 0. The van der Waals surface area contributed by atoms with Crippen molar-refractivity contribution in [1.82, 2.24) is 4.90 Å². The van der Waals surface area contributed by atoms with Crippen molar-refractivity contribution in [3.63, 3.8) is 0 Å². The Morgan fingerprint density at radius 1 is 1.33 bits per heavy atom. The summed E-state index contributed by atoms with van der Waals surface area (Å²) in [4.78, 5) is 2.58. The molecule has 4 saturated heterocycles. The molecule has 0 amide bonds. The summed E-state index contributed by atoms with van der Waals surface area (Å²) in [6.45, 7) is 6.02. The maximum absolute atomic E-state index is 8.52. The van der Waals surface area contributed by atoms with Crippen LogP contribution in [-0.2, 0) is 15.1 Å². The van der Waals surface area contributed by atoms with Gasteiger partial charge in [0.1, 0.15) is 5.44 Å². The Kier molecular flexibility index (Phi) is 4.25. The van der Waals surface area contributed by atoms with E-state index in [1.807, 2.05) is 11.8 Å². The lowest BCUT2D eigenvalue weighted by molar-refractivity contribution is -0.133. The minimum atomic E-state index is -5.17. The zero-order valence-electron chi connectivity index (χ0n) is 10.2. The van der Waals surface area contributed by atoms with Gasteiger partial charge in [-0.15, -0.1) is 11.8 Å². The summed E-state index contributed by atoms with van der Waals surface area (Å²) >= 11 is 1.99.